The Morgan fingerprint density at radius 1 is 1.21 bits per heavy atom. The van der Waals surface area contributed by atoms with Gasteiger partial charge < -0.3 is 14.9 Å². The number of carbonyl (C=O) groups excluding carboxylic acids is 1. The fourth-order valence-electron chi connectivity index (χ4n) is 2.79. The molecule has 0 saturated carbocycles. The first-order valence-corrected chi connectivity index (χ1v) is 8.76. The highest BCUT2D eigenvalue weighted by molar-refractivity contribution is 7.13. The van der Waals surface area contributed by atoms with Crippen LogP contribution in [0.15, 0.2) is 35.8 Å². The number of amides is 1. The van der Waals surface area contributed by atoms with Crippen molar-refractivity contribution in [2.75, 3.05) is 31.1 Å². The van der Waals surface area contributed by atoms with Gasteiger partial charge in [0, 0.05) is 44.2 Å². The fourth-order valence-corrected chi connectivity index (χ4v) is 3.49. The zero-order valence-corrected chi connectivity index (χ0v) is 14.0. The fraction of sp³-hybridized carbons (Fsp3) is 0.353. The molecule has 2 aromatic rings. The molecular formula is C17H19N3O3S. The van der Waals surface area contributed by atoms with E-state index in [2.05, 4.69) is 9.88 Å². The number of carboxylic acid groups (broad SMARTS) is 1. The number of carbonyl (C=O) groups is 2. The number of anilines is 1. The number of aryl methyl sites for hydroxylation is 1. The molecule has 1 amide bonds. The zero-order valence-electron chi connectivity index (χ0n) is 13.2. The van der Waals surface area contributed by atoms with E-state index in [0.29, 0.717) is 25.9 Å². The Morgan fingerprint density at radius 3 is 2.67 bits per heavy atom. The van der Waals surface area contributed by atoms with Crippen molar-refractivity contribution in [2.24, 2.45) is 0 Å². The van der Waals surface area contributed by atoms with Crippen molar-refractivity contribution >= 4 is 28.3 Å². The number of aromatic nitrogens is 1. The number of aromatic carboxylic acids is 1. The number of nitrogens with zero attached hydrogens (tertiary/aromatic N) is 3. The molecule has 0 aliphatic carbocycles. The second-order valence-electron chi connectivity index (χ2n) is 5.69. The van der Waals surface area contributed by atoms with Crippen molar-refractivity contribution in [3.63, 3.8) is 0 Å². The average Bonchev–Trinajstić information content (AvgIpc) is 3.14. The van der Waals surface area contributed by atoms with E-state index < -0.39 is 5.97 Å². The van der Waals surface area contributed by atoms with Crippen molar-refractivity contribution < 1.29 is 14.7 Å². The molecule has 1 saturated heterocycles. The van der Waals surface area contributed by atoms with E-state index in [1.807, 2.05) is 16.3 Å². The first-order chi connectivity index (χ1) is 11.6. The van der Waals surface area contributed by atoms with Crippen LogP contribution in [0.1, 0.15) is 22.3 Å². The SMILES string of the molecule is O=C(O)c1cccc(CCC(=O)N2CCN(c3nccs3)CC2)c1. The normalized spacial score (nSPS) is 14.7. The largest absolute Gasteiger partial charge is 0.478 e. The second-order valence-corrected chi connectivity index (χ2v) is 6.56. The van der Waals surface area contributed by atoms with Crippen LogP contribution in [0.3, 0.4) is 0 Å². The number of thiazole rings is 1. The summed E-state index contributed by atoms with van der Waals surface area (Å²) in [7, 11) is 0. The quantitative estimate of drug-likeness (QED) is 0.898. The summed E-state index contributed by atoms with van der Waals surface area (Å²) < 4.78 is 0. The van der Waals surface area contributed by atoms with Crippen LogP contribution in [0.4, 0.5) is 5.13 Å². The third-order valence-electron chi connectivity index (χ3n) is 4.12. The number of hydrogen-bond acceptors (Lipinski definition) is 5. The second kappa shape index (κ2) is 7.44. The van der Waals surface area contributed by atoms with Crippen molar-refractivity contribution in [3.05, 3.63) is 47.0 Å². The van der Waals surface area contributed by atoms with Gasteiger partial charge in [0.05, 0.1) is 5.56 Å². The van der Waals surface area contributed by atoms with Gasteiger partial charge in [0.1, 0.15) is 0 Å². The summed E-state index contributed by atoms with van der Waals surface area (Å²) in [5.74, 6) is -0.823. The van der Waals surface area contributed by atoms with Gasteiger partial charge in [0.2, 0.25) is 5.91 Å². The molecule has 1 aliphatic heterocycles. The van der Waals surface area contributed by atoms with Gasteiger partial charge in [-0.25, -0.2) is 9.78 Å². The molecule has 1 aromatic heterocycles. The average molecular weight is 345 g/mol. The van der Waals surface area contributed by atoms with Crippen LogP contribution >= 0.6 is 11.3 Å². The summed E-state index contributed by atoms with van der Waals surface area (Å²) in [4.78, 5) is 31.7. The van der Waals surface area contributed by atoms with Crippen LogP contribution in [0, 0.1) is 0 Å². The zero-order chi connectivity index (χ0) is 16.9. The van der Waals surface area contributed by atoms with Crippen LogP contribution in [-0.2, 0) is 11.2 Å². The Hall–Kier alpha value is -2.41. The van der Waals surface area contributed by atoms with Crippen LogP contribution in [0.2, 0.25) is 0 Å². The van der Waals surface area contributed by atoms with Crippen molar-refractivity contribution in [2.45, 2.75) is 12.8 Å². The van der Waals surface area contributed by atoms with Crippen molar-refractivity contribution in [1.82, 2.24) is 9.88 Å². The molecule has 0 spiro atoms. The molecule has 0 bridgehead atoms. The molecule has 1 aromatic carbocycles. The molecule has 24 heavy (non-hydrogen) atoms. The minimum Gasteiger partial charge on any atom is -0.478 e. The van der Waals surface area contributed by atoms with Gasteiger partial charge in [-0.2, -0.15) is 0 Å². The molecular weight excluding hydrogens is 326 g/mol. The predicted molar refractivity (Wildman–Crippen MR) is 92.6 cm³/mol. The molecule has 0 unspecified atom stereocenters. The Balaban J connectivity index is 1.49. The summed E-state index contributed by atoms with van der Waals surface area (Å²) in [5.41, 5.74) is 1.14. The van der Waals surface area contributed by atoms with Gasteiger partial charge in [0.15, 0.2) is 5.13 Å². The number of carboxylic acids is 1. The van der Waals surface area contributed by atoms with Gasteiger partial charge in [-0.05, 0) is 24.1 Å². The lowest BCUT2D eigenvalue weighted by Crippen LogP contribution is -2.48. The Kier molecular flexibility index (Phi) is 5.10. The lowest BCUT2D eigenvalue weighted by atomic mass is 10.1. The topological polar surface area (TPSA) is 73.7 Å². The molecule has 7 heteroatoms. The van der Waals surface area contributed by atoms with Crippen LogP contribution in [0.5, 0.6) is 0 Å². The maximum atomic E-state index is 12.4. The number of piperazine rings is 1. The lowest BCUT2D eigenvalue weighted by molar-refractivity contribution is -0.131. The Morgan fingerprint density at radius 2 is 2.00 bits per heavy atom. The van der Waals surface area contributed by atoms with E-state index >= 15 is 0 Å². The highest BCUT2D eigenvalue weighted by Gasteiger charge is 2.22. The van der Waals surface area contributed by atoms with E-state index in [4.69, 9.17) is 5.11 Å². The van der Waals surface area contributed by atoms with E-state index in [1.165, 1.54) is 0 Å². The molecule has 2 heterocycles. The van der Waals surface area contributed by atoms with Gasteiger partial charge in [-0.1, -0.05) is 12.1 Å². The van der Waals surface area contributed by atoms with Crippen LogP contribution in [-0.4, -0.2) is 53.0 Å². The summed E-state index contributed by atoms with van der Waals surface area (Å²) in [5, 5.41) is 12.0. The summed E-state index contributed by atoms with van der Waals surface area (Å²) >= 11 is 1.61. The summed E-state index contributed by atoms with van der Waals surface area (Å²) in [6, 6.07) is 6.78. The van der Waals surface area contributed by atoms with Gasteiger partial charge in [-0.15, -0.1) is 11.3 Å². The Bertz CT molecular complexity index is 710. The highest BCUT2D eigenvalue weighted by Crippen LogP contribution is 2.19. The predicted octanol–water partition coefficient (Wildman–Crippen LogP) is 2.12. The molecule has 3 rings (SSSR count). The standard InChI is InChI=1S/C17H19N3O3S/c21-15(5-4-13-2-1-3-14(12-13)16(22)23)19-7-9-20(10-8-19)17-18-6-11-24-17/h1-3,6,11-12H,4-5,7-10H2,(H,22,23). The molecule has 6 nitrogen and oxygen atoms in total. The first-order valence-electron chi connectivity index (χ1n) is 7.88. The highest BCUT2D eigenvalue weighted by atomic mass is 32.1. The van der Waals surface area contributed by atoms with Gasteiger partial charge in [0.25, 0.3) is 0 Å². The van der Waals surface area contributed by atoms with Crippen LogP contribution < -0.4 is 4.90 Å². The van der Waals surface area contributed by atoms with Crippen LogP contribution in [0.25, 0.3) is 0 Å². The van der Waals surface area contributed by atoms with Crippen molar-refractivity contribution in [3.8, 4) is 0 Å². The van der Waals surface area contributed by atoms with E-state index in [9.17, 15) is 9.59 Å². The van der Waals surface area contributed by atoms with Gasteiger partial charge in [-0.3, -0.25) is 4.79 Å². The van der Waals surface area contributed by atoms with Gasteiger partial charge >= 0.3 is 5.97 Å². The minimum absolute atomic E-state index is 0.120. The molecule has 1 aliphatic rings. The monoisotopic (exact) mass is 345 g/mol. The summed E-state index contributed by atoms with van der Waals surface area (Å²) in [6.07, 6.45) is 2.76. The van der Waals surface area contributed by atoms with E-state index in [0.717, 1.165) is 23.8 Å². The molecule has 1 fully saturated rings. The minimum atomic E-state index is -0.943. The third-order valence-corrected chi connectivity index (χ3v) is 4.96. The Labute approximate surface area is 144 Å². The maximum Gasteiger partial charge on any atom is 0.335 e. The summed E-state index contributed by atoms with van der Waals surface area (Å²) in [6.45, 7) is 3.00. The number of rotatable bonds is 5. The molecule has 126 valence electrons. The lowest BCUT2D eigenvalue weighted by Gasteiger charge is -2.34. The number of hydrogen-bond donors (Lipinski definition) is 1. The molecule has 0 radical (unpaired) electrons. The number of benzene rings is 1. The maximum absolute atomic E-state index is 12.4. The first kappa shape index (κ1) is 16.4. The smallest absolute Gasteiger partial charge is 0.335 e. The van der Waals surface area contributed by atoms with E-state index in [1.54, 1.807) is 35.7 Å². The molecule has 1 N–H and O–H groups in total. The third kappa shape index (κ3) is 3.91. The van der Waals surface area contributed by atoms with E-state index in [-0.39, 0.29) is 11.5 Å². The van der Waals surface area contributed by atoms with Crippen molar-refractivity contribution in [1.29, 1.82) is 0 Å². The molecule has 0 atom stereocenters.